The summed E-state index contributed by atoms with van der Waals surface area (Å²) < 4.78 is 27.5. The first-order valence-corrected chi connectivity index (χ1v) is 11.5. The topological polar surface area (TPSA) is 69.7 Å². The molecule has 2 unspecified atom stereocenters. The van der Waals surface area contributed by atoms with Gasteiger partial charge in [-0.1, -0.05) is 13.3 Å². The molecule has 1 N–H and O–H groups in total. The van der Waals surface area contributed by atoms with Gasteiger partial charge in [-0.05, 0) is 63.4 Å². The summed E-state index contributed by atoms with van der Waals surface area (Å²) >= 11 is 0. The van der Waals surface area contributed by atoms with E-state index in [0.29, 0.717) is 12.1 Å². The highest BCUT2D eigenvalue weighted by Gasteiger charge is 2.31. The van der Waals surface area contributed by atoms with Gasteiger partial charge in [0.2, 0.25) is 10.0 Å². The van der Waals surface area contributed by atoms with Crippen molar-refractivity contribution in [2.75, 3.05) is 26.2 Å². The summed E-state index contributed by atoms with van der Waals surface area (Å²) in [5.74, 6) is -0.0131. The van der Waals surface area contributed by atoms with Crippen LogP contribution in [0.5, 0.6) is 0 Å². The zero-order valence-electron chi connectivity index (χ0n) is 16.8. The van der Waals surface area contributed by atoms with E-state index >= 15 is 0 Å². The summed E-state index contributed by atoms with van der Waals surface area (Å²) in [6, 6.07) is 6.74. The Labute approximate surface area is 175 Å². The minimum Gasteiger partial charge on any atom is -0.334 e. The molecule has 2 aliphatic rings. The molecule has 0 saturated carbocycles. The zero-order valence-corrected chi connectivity index (χ0v) is 18.4. The average molecular weight is 430 g/mol. The van der Waals surface area contributed by atoms with E-state index in [-0.39, 0.29) is 35.3 Å². The number of hydrogen-bond donors (Lipinski definition) is 1. The molecular formula is C20H32ClN3O3S. The minimum absolute atomic E-state index is 0. The number of hydrogen-bond acceptors (Lipinski definition) is 4. The van der Waals surface area contributed by atoms with Crippen molar-refractivity contribution in [3.05, 3.63) is 29.8 Å². The van der Waals surface area contributed by atoms with Gasteiger partial charge in [0.05, 0.1) is 4.90 Å². The van der Waals surface area contributed by atoms with Crippen LogP contribution in [0.4, 0.5) is 0 Å². The second-order valence-electron chi connectivity index (χ2n) is 7.63. The summed E-state index contributed by atoms with van der Waals surface area (Å²) in [5, 5.41) is 3.31. The maximum Gasteiger partial charge on any atom is 0.254 e. The van der Waals surface area contributed by atoms with Crippen molar-refractivity contribution in [2.24, 2.45) is 0 Å². The smallest absolute Gasteiger partial charge is 0.254 e. The van der Waals surface area contributed by atoms with Gasteiger partial charge in [-0.2, -0.15) is 4.31 Å². The zero-order chi connectivity index (χ0) is 19.4. The van der Waals surface area contributed by atoms with Crippen LogP contribution < -0.4 is 5.32 Å². The Kier molecular flexibility index (Phi) is 8.30. The van der Waals surface area contributed by atoms with Crippen LogP contribution in [0, 0.1) is 0 Å². The first-order chi connectivity index (χ1) is 12.9. The molecule has 2 aliphatic heterocycles. The Morgan fingerprint density at radius 2 is 1.93 bits per heavy atom. The number of nitrogens with one attached hydrogen (secondary N) is 1. The summed E-state index contributed by atoms with van der Waals surface area (Å²) in [7, 11) is -3.50. The number of carbonyl (C=O) groups excluding carboxylic acids is 1. The van der Waals surface area contributed by atoms with Gasteiger partial charge in [0.15, 0.2) is 0 Å². The third-order valence-corrected chi connectivity index (χ3v) is 7.68. The molecule has 2 atom stereocenters. The normalized spacial score (nSPS) is 23.2. The monoisotopic (exact) mass is 429 g/mol. The number of piperidine rings is 1. The molecule has 6 nitrogen and oxygen atoms in total. The Morgan fingerprint density at radius 1 is 1.21 bits per heavy atom. The summed E-state index contributed by atoms with van der Waals surface area (Å²) in [5.41, 5.74) is 0.556. The number of rotatable bonds is 6. The van der Waals surface area contributed by atoms with Crippen molar-refractivity contribution in [3.8, 4) is 0 Å². The molecule has 28 heavy (non-hydrogen) atoms. The van der Waals surface area contributed by atoms with Crippen molar-refractivity contribution in [2.45, 2.75) is 62.9 Å². The minimum atomic E-state index is -3.50. The summed E-state index contributed by atoms with van der Waals surface area (Å²) in [4.78, 5) is 15.2. The van der Waals surface area contributed by atoms with Gasteiger partial charge in [0, 0.05) is 37.3 Å². The van der Waals surface area contributed by atoms with E-state index in [2.05, 4.69) is 12.2 Å². The molecule has 3 rings (SSSR count). The van der Waals surface area contributed by atoms with Gasteiger partial charge in [0.1, 0.15) is 0 Å². The van der Waals surface area contributed by atoms with Gasteiger partial charge in [0.25, 0.3) is 5.91 Å². The molecule has 1 amide bonds. The standard InChI is InChI=1S/C20H31N3O3S.ClH/c1-3-13-22(18-11-12-21-15-18)20(24)17-7-9-19(10-8-17)27(25,26)23-14-5-4-6-16(23)2;/h7-10,16,18,21H,3-6,11-15H2,1-2H3;1H. The second kappa shape index (κ2) is 10.1. The van der Waals surface area contributed by atoms with E-state index in [1.807, 2.05) is 11.8 Å². The Hall–Kier alpha value is -1.15. The molecule has 0 spiro atoms. The predicted octanol–water partition coefficient (Wildman–Crippen LogP) is 2.89. The molecule has 158 valence electrons. The number of sulfonamides is 1. The van der Waals surface area contributed by atoms with E-state index in [1.165, 1.54) is 0 Å². The quantitative estimate of drug-likeness (QED) is 0.754. The molecule has 2 fully saturated rings. The molecule has 0 radical (unpaired) electrons. The van der Waals surface area contributed by atoms with Crippen LogP contribution in [0.3, 0.4) is 0 Å². The summed E-state index contributed by atoms with van der Waals surface area (Å²) in [6.45, 7) is 7.08. The van der Waals surface area contributed by atoms with Crippen LogP contribution in [-0.2, 0) is 10.0 Å². The van der Waals surface area contributed by atoms with Gasteiger partial charge < -0.3 is 10.2 Å². The Bertz CT molecular complexity index is 748. The third kappa shape index (κ3) is 4.87. The van der Waals surface area contributed by atoms with Gasteiger partial charge >= 0.3 is 0 Å². The highest BCUT2D eigenvalue weighted by Crippen LogP contribution is 2.25. The second-order valence-corrected chi connectivity index (χ2v) is 9.52. The van der Waals surface area contributed by atoms with E-state index in [9.17, 15) is 13.2 Å². The van der Waals surface area contributed by atoms with Crippen molar-refractivity contribution >= 4 is 28.3 Å². The fourth-order valence-electron chi connectivity index (χ4n) is 4.10. The van der Waals surface area contributed by atoms with Crippen molar-refractivity contribution in [1.82, 2.24) is 14.5 Å². The van der Waals surface area contributed by atoms with Crippen LogP contribution in [0.25, 0.3) is 0 Å². The summed E-state index contributed by atoms with van der Waals surface area (Å²) in [6.07, 6.45) is 4.75. The lowest BCUT2D eigenvalue weighted by atomic mass is 10.1. The van der Waals surface area contributed by atoms with Crippen LogP contribution in [0.2, 0.25) is 0 Å². The first kappa shape index (κ1) is 23.1. The van der Waals surface area contributed by atoms with E-state index in [1.54, 1.807) is 28.6 Å². The fourth-order valence-corrected chi connectivity index (χ4v) is 5.80. The number of amides is 1. The SMILES string of the molecule is CCCN(C(=O)c1ccc(S(=O)(=O)N2CCCCC2C)cc1)C1CCNC1.Cl. The van der Waals surface area contributed by atoms with Gasteiger partial charge in [-0.3, -0.25) is 4.79 Å². The highest BCUT2D eigenvalue weighted by molar-refractivity contribution is 7.89. The molecule has 0 aliphatic carbocycles. The Morgan fingerprint density at radius 3 is 2.50 bits per heavy atom. The predicted molar refractivity (Wildman–Crippen MR) is 113 cm³/mol. The Balaban J connectivity index is 0.00000280. The van der Waals surface area contributed by atoms with E-state index in [4.69, 9.17) is 0 Å². The largest absolute Gasteiger partial charge is 0.334 e. The third-order valence-electron chi connectivity index (χ3n) is 5.65. The van der Waals surface area contributed by atoms with Crippen molar-refractivity contribution in [3.63, 3.8) is 0 Å². The molecule has 2 saturated heterocycles. The van der Waals surface area contributed by atoms with E-state index in [0.717, 1.165) is 51.7 Å². The highest BCUT2D eigenvalue weighted by atomic mass is 35.5. The van der Waals surface area contributed by atoms with E-state index < -0.39 is 10.0 Å². The maximum absolute atomic E-state index is 13.0. The van der Waals surface area contributed by atoms with Crippen LogP contribution in [0.1, 0.15) is 56.3 Å². The molecule has 0 bridgehead atoms. The average Bonchev–Trinajstić information content (AvgIpc) is 3.20. The van der Waals surface area contributed by atoms with Crippen LogP contribution in [-0.4, -0.2) is 61.8 Å². The first-order valence-electron chi connectivity index (χ1n) is 10.1. The van der Waals surface area contributed by atoms with Crippen molar-refractivity contribution in [1.29, 1.82) is 0 Å². The lowest BCUT2D eigenvalue weighted by Gasteiger charge is -2.32. The van der Waals surface area contributed by atoms with Gasteiger partial charge in [-0.25, -0.2) is 8.42 Å². The van der Waals surface area contributed by atoms with Crippen LogP contribution in [0.15, 0.2) is 29.2 Å². The lowest BCUT2D eigenvalue weighted by molar-refractivity contribution is 0.0692. The molecule has 1 aromatic rings. The molecule has 0 aromatic heterocycles. The number of benzene rings is 1. The van der Waals surface area contributed by atoms with Crippen molar-refractivity contribution < 1.29 is 13.2 Å². The van der Waals surface area contributed by atoms with Crippen LogP contribution >= 0.6 is 12.4 Å². The molecule has 1 aromatic carbocycles. The number of carbonyl (C=O) groups is 1. The number of nitrogens with zero attached hydrogens (tertiary/aromatic N) is 2. The maximum atomic E-state index is 13.0. The fraction of sp³-hybridized carbons (Fsp3) is 0.650. The molecule has 8 heteroatoms. The van der Waals surface area contributed by atoms with Gasteiger partial charge in [-0.15, -0.1) is 12.4 Å². The number of halogens is 1. The molecule has 2 heterocycles. The molecular weight excluding hydrogens is 398 g/mol. The lowest BCUT2D eigenvalue weighted by Crippen LogP contribution is -2.42.